The first-order chi connectivity index (χ1) is 19.5. The van der Waals surface area contributed by atoms with E-state index in [1.165, 1.54) is 4.90 Å². The first kappa shape index (κ1) is 28.7. The van der Waals surface area contributed by atoms with Crippen LogP contribution >= 0.6 is 0 Å². The molecule has 1 saturated heterocycles. The standard InChI is InChI=1S/C33H37NO6/c1-4-7-11-20-40-27-19-16-25(21-28(27)39-6-3)30-29(31(35)24-14-17-26(18-15-24)38-5-2)32(36)33(37)34(30)22-23-12-9-8-10-13-23/h8-10,12-19,21,30,35H,4-7,11,20,22H2,1-3H3/b31-29+. The fourth-order valence-electron chi connectivity index (χ4n) is 4.82. The van der Waals surface area contributed by atoms with Crippen LogP contribution in [0.5, 0.6) is 17.2 Å². The maximum absolute atomic E-state index is 13.5. The number of nitrogens with zero attached hydrogens (tertiary/aromatic N) is 1. The van der Waals surface area contributed by atoms with Crippen LogP contribution in [-0.4, -0.2) is 41.5 Å². The van der Waals surface area contributed by atoms with Crippen molar-refractivity contribution in [2.75, 3.05) is 19.8 Å². The lowest BCUT2D eigenvalue weighted by atomic mass is 9.94. The molecule has 0 radical (unpaired) electrons. The molecule has 0 aliphatic carbocycles. The van der Waals surface area contributed by atoms with Crippen LogP contribution in [0.4, 0.5) is 0 Å². The van der Waals surface area contributed by atoms with Crippen LogP contribution in [0.25, 0.3) is 5.76 Å². The van der Waals surface area contributed by atoms with Gasteiger partial charge in [-0.25, -0.2) is 0 Å². The van der Waals surface area contributed by atoms with Crippen molar-refractivity contribution < 1.29 is 28.9 Å². The Morgan fingerprint density at radius 1 is 0.825 bits per heavy atom. The maximum Gasteiger partial charge on any atom is 0.295 e. The summed E-state index contributed by atoms with van der Waals surface area (Å²) in [6, 6.07) is 20.9. The van der Waals surface area contributed by atoms with Gasteiger partial charge in [0.15, 0.2) is 11.5 Å². The average molecular weight is 544 g/mol. The summed E-state index contributed by atoms with van der Waals surface area (Å²) in [5.74, 6) is 0.149. The Hall–Kier alpha value is -4.26. The van der Waals surface area contributed by atoms with Crippen LogP contribution in [-0.2, 0) is 16.1 Å². The maximum atomic E-state index is 13.5. The molecular formula is C33H37NO6. The summed E-state index contributed by atoms with van der Waals surface area (Å²) >= 11 is 0. The van der Waals surface area contributed by atoms with Crippen molar-refractivity contribution in [1.82, 2.24) is 4.90 Å². The molecule has 0 saturated carbocycles. The van der Waals surface area contributed by atoms with Crippen molar-refractivity contribution >= 4 is 17.4 Å². The summed E-state index contributed by atoms with van der Waals surface area (Å²) in [7, 11) is 0. The van der Waals surface area contributed by atoms with Gasteiger partial charge in [0, 0.05) is 12.1 Å². The molecule has 210 valence electrons. The molecule has 3 aromatic rings. The number of carbonyl (C=O) groups is 2. The van der Waals surface area contributed by atoms with Crippen molar-refractivity contribution in [3.63, 3.8) is 0 Å². The molecule has 7 heteroatoms. The highest BCUT2D eigenvalue weighted by Gasteiger charge is 2.46. The van der Waals surface area contributed by atoms with Crippen LogP contribution in [0.15, 0.2) is 78.4 Å². The molecule has 1 N–H and O–H groups in total. The van der Waals surface area contributed by atoms with Gasteiger partial charge in [-0.3, -0.25) is 9.59 Å². The summed E-state index contributed by atoms with van der Waals surface area (Å²) in [6.45, 7) is 7.62. The number of amides is 1. The van der Waals surface area contributed by atoms with E-state index in [2.05, 4.69) is 6.92 Å². The molecule has 1 unspecified atom stereocenters. The molecule has 1 heterocycles. The Labute approximate surface area is 236 Å². The van der Waals surface area contributed by atoms with Gasteiger partial charge in [-0.15, -0.1) is 0 Å². The molecule has 0 aromatic heterocycles. The number of ether oxygens (including phenoxy) is 3. The summed E-state index contributed by atoms with van der Waals surface area (Å²) < 4.78 is 17.4. The lowest BCUT2D eigenvalue weighted by molar-refractivity contribution is -0.140. The first-order valence-corrected chi connectivity index (χ1v) is 13.9. The van der Waals surface area contributed by atoms with Gasteiger partial charge < -0.3 is 24.2 Å². The Kier molecular flexibility index (Phi) is 9.84. The van der Waals surface area contributed by atoms with Crippen LogP contribution < -0.4 is 14.2 Å². The summed E-state index contributed by atoms with van der Waals surface area (Å²) in [5.41, 5.74) is 1.97. The molecule has 1 aliphatic heterocycles. The number of Topliss-reactive ketones (excluding diaryl/α,β-unsaturated/α-hetero) is 1. The number of hydrogen-bond acceptors (Lipinski definition) is 6. The zero-order valence-corrected chi connectivity index (χ0v) is 23.4. The van der Waals surface area contributed by atoms with Crippen LogP contribution in [0, 0.1) is 0 Å². The van der Waals surface area contributed by atoms with E-state index in [1.807, 2.05) is 56.3 Å². The number of carbonyl (C=O) groups excluding carboxylic acids is 2. The number of likely N-dealkylation sites (tertiary alicyclic amines) is 1. The van der Waals surface area contributed by atoms with E-state index in [9.17, 15) is 14.7 Å². The molecule has 1 atom stereocenters. The number of hydrogen-bond donors (Lipinski definition) is 1. The molecule has 1 fully saturated rings. The van der Waals surface area contributed by atoms with E-state index in [0.29, 0.717) is 48.2 Å². The lowest BCUT2D eigenvalue weighted by Gasteiger charge is -2.26. The van der Waals surface area contributed by atoms with Crippen molar-refractivity contribution in [2.24, 2.45) is 0 Å². The highest BCUT2D eigenvalue weighted by atomic mass is 16.5. The van der Waals surface area contributed by atoms with Gasteiger partial charge >= 0.3 is 0 Å². The summed E-state index contributed by atoms with van der Waals surface area (Å²) in [6.07, 6.45) is 3.10. The minimum absolute atomic E-state index is 0.0316. The van der Waals surface area contributed by atoms with E-state index >= 15 is 0 Å². The number of benzene rings is 3. The number of rotatable bonds is 13. The number of ketones is 1. The fourth-order valence-corrected chi connectivity index (χ4v) is 4.82. The van der Waals surface area contributed by atoms with E-state index in [1.54, 1.807) is 30.3 Å². The summed E-state index contributed by atoms with van der Waals surface area (Å²) in [4.78, 5) is 28.4. The molecule has 40 heavy (non-hydrogen) atoms. The topological polar surface area (TPSA) is 85.3 Å². The predicted octanol–water partition coefficient (Wildman–Crippen LogP) is 6.67. The van der Waals surface area contributed by atoms with Crippen LogP contribution in [0.3, 0.4) is 0 Å². The second-order valence-corrected chi connectivity index (χ2v) is 9.56. The van der Waals surface area contributed by atoms with Crippen molar-refractivity contribution in [1.29, 1.82) is 0 Å². The Morgan fingerprint density at radius 3 is 2.23 bits per heavy atom. The molecule has 1 amide bonds. The first-order valence-electron chi connectivity index (χ1n) is 13.9. The van der Waals surface area contributed by atoms with Gasteiger partial charge in [-0.05, 0) is 67.8 Å². The number of aliphatic hydroxyl groups is 1. The highest BCUT2D eigenvalue weighted by Crippen LogP contribution is 2.43. The second kappa shape index (κ2) is 13.7. The van der Waals surface area contributed by atoms with E-state index in [-0.39, 0.29) is 17.9 Å². The SMILES string of the molecule is CCCCCOc1ccc(C2/C(=C(\O)c3ccc(OCC)cc3)C(=O)C(=O)N2Cc2ccccc2)cc1OCC. The van der Waals surface area contributed by atoms with Gasteiger partial charge in [0.1, 0.15) is 11.5 Å². The smallest absolute Gasteiger partial charge is 0.295 e. The molecular weight excluding hydrogens is 506 g/mol. The molecule has 0 bridgehead atoms. The quantitative estimate of drug-likeness (QED) is 0.112. The van der Waals surface area contributed by atoms with E-state index in [4.69, 9.17) is 14.2 Å². The average Bonchev–Trinajstić information content (AvgIpc) is 3.22. The normalized spacial score (nSPS) is 16.3. The van der Waals surface area contributed by atoms with Gasteiger partial charge in [-0.1, -0.05) is 56.2 Å². The number of aliphatic hydroxyl groups excluding tert-OH is 1. The van der Waals surface area contributed by atoms with Gasteiger partial charge in [-0.2, -0.15) is 0 Å². The van der Waals surface area contributed by atoms with E-state index in [0.717, 1.165) is 24.8 Å². The molecule has 7 nitrogen and oxygen atoms in total. The molecule has 4 rings (SSSR count). The van der Waals surface area contributed by atoms with Crippen molar-refractivity contribution in [3.8, 4) is 17.2 Å². The zero-order valence-electron chi connectivity index (χ0n) is 23.4. The summed E-state index contributed by atoms with van der Waals surface area (Å²) in [5, 5.41) is 11.4. The minimum atomic E-state index is -0.819. The molecule has 1 aliphatic rings. The van der Waals surface area contributed by atoms with Crippen molar-refractivity contribution in [3.05, 3.63) is 95.1 Å². The van der Waals surface area contributed by atoms with Crippen molar-refractivity contribution in [2.45, 2.75) is 52.6 Å². The largest absolute Gasteiger partial charge is 0.507 e. The zero-order chi connectivity index (χ0) is 28.5. The predicted molar refractivity (Wildman–Crippen MR) is 155 cm³/mol. The molecule has 0 spiro atoms. The Balaban J connectivity index is 1.79. The molecule has 3 aromatic carbocycles. The van der Waals surface area contributed by atoms with Crippen LogP contribution in [0.1, 0.15) is 62.8 Å². The number of unbranched alkanes of at least 4 members (excludes halogenated alkanes) is 2. The Bertz CT molecular complexity index is 1330. The third-order valence-electron chi connectivity index (χ3n) is 6.76. The lowest BCUT2D eigenvalue weighted by Crippen LogP contribution is -2.29. The minimum Gasteiger partial charge on any atom is -0.507 e. The second-order valence-electron chi connectivity index (χ2n) is 9.56. The van der Waals surface area contributed by atoms with Gasteiger partial charge in [0.25, 0.3) is 11.7 Å². The third kappa shape index (κ3) is 6.47. The monoisotopic (exact) mass is 543 g/mol. The van der Waals surface area contributed by atoms with Gasteiger partial charge in [0.2, 0.25) is 0 Å². The fraction of sp³-hybridized carbons (Fsp3) is 0.333. The Morgan fingerprint density at radius 2 is 1.55 bits per heavy atom. The third-order valence-corrected chi connectivity index (χ3v) is 6.76. The van der Waals surface area contributed by atoms with Gasteiger partial charge in [0.05, 0.1) is 31.4 Å². The van der Waals surface area contributed by atoms with E-state index < -0.39 is 17.7 Å². The van der Waals surface area contributed by atoms with Crippen LogP contribution in [0.2, 0.25) is 0 Å². The highest BCUT2D eigenvalue weighted by molar-refractivity contribution is 6.46.